The van der Waals surface area contributed by atoms with Gasteiger partial charge in [-0.05, 0) is 62.7 Å². The number of hydrogen-bond acceptors (Lipinski definition) is 2. The second-order valence-corrected chi connectivity index (χ2v) is 7.51. The van der Waals surface area contributed by atoms with Crippen LogP contribution in [0.25, 0.3) is 0 Å². The van der Waals surface area contributed by atoms with E-state index in [1.807, 2.05) is 25.2 Å². The second-order valence-electron chi connectivity index (χ2n) is 7.51. The van der Waals surface area contributed by atoms with E-state index in [-0.39, 0.29) is 11.2 Å². The van der Waals surface area contributed by atoms with Gasteiger partial charge in [-0.3, -0.25) is 4.79 Å². The lowest BCUT2D eigenvalue weighted by Crippen LogP contribution is -2.19. The number of rotatable bonds is 7. The number of aliphatic hydroxyl groups excluding tert-OH is 1. The van der Waals surface area contributed by atoms with Crippen LogP contribution in [0.1, 0.15) is 53.9 Å². The van der Waals surface area contributed by atoms with Crippen LogP contribution < -0.4 is 0 Å². The fourth-order valence-corrected chi connectivity index (χ4v) is 3.11. The Labute approximate surface area is 153 Å². The maximum atomic E-state index is 11.6. The molecule has 0 radical (unpaired) electrons. The molecule has 1 aliphatic rings. The summed E-state index contributed by atoms with van der Waals surface area (Å²) in [6.07, 6.45) is 15.5. The molecule has 0 aromatic rings. The number of allylic oxidation sites excluding steroid dienone is 9. The molecule has 0 spiro atoms. The molecule has 0 bridgehead atoms. The molecule has 136 valence electrons. The molecule has 1 aliphatic carbocycles. The van der Waals surface area contributed by atoms with Crippen LogP contribution in [0.4, 0.5) is 0 Å². The summed E-state index contributed by atoms with van der Waals surface area (Å²) in [6.45, 7) is 14.2. The number of hydrogen-bond donors (Lipinski definition) is 1. The van der Waals surface area contributed by atoms with Crippen molar-refractivity contribution < 1.29 is 9.90 Å². The third kappa shape index (κ3) is 6.83. The molecule has 0 heterocycles. The van der Waals surface area contributed by atoms with Crippen LogP contribution in [0.5, 0.6) is 0 Å². The van der Waals surface area contributed by atoms with Crippen molar-refractivity contribution in [3.8, 4) is 0 Å². The Morgan fingerprint density at radius 1 is 1.24 bits per heavy atom. The van der Waals surface area contributed by atoms with Crippen LogP contribution >= 0.6 is 0 Å². The lowest BCUT2D eigenvalue weighted by atomic mass is 9.72. The second kappa shape index (κ2) is 9.53. The van der Waals surface area contributed by atoms with E-state index in [1.54, 1.807) is 0 Å². The topological polar surface area (TPSA) is 37.3 Å². The fourth-order valence-electron chi connectivity index (χ4n) is 3.11. The van der Waals surface area contributed by atoms with E-state index in [0.717, 1.165) is 11.1 Å². The molecule has 25 heavy (non-hydrogen) atoms. The number of ketones is 1. The minimum absolute atomic E-state index is 0.251. The van der Waals surface area contributed by atoms with E-state index in [4.69, 9.17) is 0 Å². The minimum Gasteiger partial charge on any atom is -0.381 e. The normalized spacial score (nSPS) is 20.4. The Balaban J connectivity index is 2.77. The highest BCUT2D eigenvalue weighted by Crippen LogP contribution is 2.40. The van der Waals surface area contributed by atoms with E-state index >= 15 is 0 Å². The van der Waals surface area contributed by atoms with Crippen LogP contribution in [0.3, 0.4) is 0 Å². The standard InChI is InChI=1S/C23H32O2/c1-7-21(24)22(25)16-18(3)11-8-10-17(2)13-14-20-19(4)12-9-15-23(20,5)6/h7-8,10-11,13-14,16,21,24H,1,9,12,15H2,2-6H3. The molecule has 1 atom stereocenters. The Bertz CT molecular complexity index is 652. The molecule has 0 saturated heterocycles. The van der Waals surface area contributed by atoms with Crippen molar-refractivity contribution in [3.63, 3.8) is 0 Å². The van der Waals surface area contributed by atoms with Gasteiger partial charge < -0.3 is 5.11 Å². The van der Waals surface area contributed by atoms with Crippen LogP contribution in [0, 0.1) is 5.41 Å². The van der Waals surface area contributed by atoms with Gasteiger partial charge in [-0.2, -0.15) is 0 Å². The zero-order chi connectivity index (χ0) is 19.0. The highest BCUT2D eigenvalue weighted by molar-refractivity contribution is 5.95. The molecule has 1 N–H and O–H groups in total. The Hall–Kier alpha value is -1.93. The van der Waals surface area contributed by atoms with Gasteiger partial charge in [0, 0.05) is 0 Å². The summed E-state index contributed by atoms with van der Waals surface area (Å²) in [4.78, 5) is 11.6. The molecule has 0 aliphatic heterocycles. The third-order valence-corrected chi connectivity index (χ3v) is 4.66. The summed E-state index contributed by atoms with van der Waals surface area (Å²) in [7, 11) is 0. The molecule has 2 nitrogen and oxygen atoms in total. The third-order valence-electron chi connectivity index (χ3n) is 4.66. The van der Waals surface area contributed by atoms with Crippen molar-refractivity contribution in [1.29, 1.82) is 0 Å². The highest BCUT2D eigenvalue weighted by Gasteiger charge is 2.26. The van der Waals surface area contributed by atoms with Gasteiger partial charge in [-0.15, -0.1) is 6.58 Å². The zero-order valence-electron chi connectivity index (χ0n) is 16.3. The SMILES string of the molecule is C=CC(O)C(=O)C=C(C)C=CC=C(C)C=CC1=C(C)CCCC1(C)C. The van der Waals surface area contributed by atoms with E-state index in [0.29, 0.717) is 0 Å². The molecular formula is C23H32O2. The molecule has 0 amide bonds. The lowest BCUT2D eigenvalue weighted by Gasteiger charge is -2.32. The van der Waals surface area contributed by atoms with Crippen molar-refractivity contribution in [2.75, 3.05) is 0 Å². The summed E-state index contributed by atoms with van der Waals surface area (Å²) in [5.74, 6) is -0.348. The van der Waals surface area contributed by atoms with E-state index in [2.05, 4.69) is 46.4 Å². The largest absolute Gasteiger partial charge is 0.381 e. The minimum atomic E-state index is -1.13. The van der Waals surface area contributed by atoms with Gasteiger partial charge in [0.2, 0.25) is 0 Å². The van der Waals surface area contributed by atoms with E-state index in [9.17, 15) is 9.90 Å². The zero-order valence-corrected chi connectivity index (χ0v) is 16.3. The van der Waals surface area contributed by atoms with Crippen LogP contribution in [0.15, 0.2) is 71.4 Å². The highest BCUT2D eigenvalue weighted by atomic mass is 16.3. The summed E-state index contributed by atoms with van der Waals surface area (Å²) < 4.78 is 0. The number of carbonyl (C=O) groups excluding carboxylic acids is 1. The Morgan fingerprint density at radius 3 is 2.52 bits per heavy atom. The number of aliphatic hydroxyl groups is 1. The smallest absolute Gasteiger partial charge is 0.188 e. The van der Waals surface area contributed by atoms with Crippen molar-refractivity contribution in [1.82, 2.24) is 0 Å². The predicted molar refractivity (Wildman–Crippen MR) is 107 cm³/mol. The first kappa shape index (κ1) is 21.1. The first-order valence-corrected chi connectivity index (χ1v) is 8.93. The van der Waals surface area contributed by atoms with Gasteiger partial charge >= 0.3 is 0 Å². The molecule has 0 saturated carbocycles. The van der Waals surface area contributed by atoms with Crippen molar-refractivity contribution >= 4 is 5.78 Å². The summed E-state index contributed by atoms with van der Waals surface area (Å²) in [5, 5.41) is 9.38. The quantitative estimate of drug-likeness (QED) is 0.370. The molecule has 0 fully saturated rings. The van der Waals surface area contributed by atoms with Crippen molar-refractivity contribution in [2.45, 2.75) is 60.0 Å². The molecule has 2 heteroatoms. The average molecular weight is 341 g/mol. The molecule has 1 unspecified atom stereocenters. The maximum Gasteiger partial charge on any atom is 0.188 e. The van der Waals surface area contributed by atoms with Crippen LogP contribution in [-0.4, -0.2) is 17.0 Å². The fraction of sp³-hybridized carbons (Fsp3) is 0.435. The number of carbonyl (C=O) groups is 1. The first-order chi connectivity index (χ1) is 11.7. The monoisotopic (exact) mass is 340 g/mol. The van der Waals surface area contributed by atoms with Gasteiger partial charge in [-0.25, -0.2) is 0 Å². The van der Waals surface area contributed by atoms with Gasteiger partial charge in [0.25, 0.3) is 0 Å². The van der Waals surface area contributed by atoms with Gasteiger partial charge in [0.15, 0.2) is 5.78 Å². The molecule has 1 rings (SSSR count). The molecule has 0 aromatic carbocycles. The van der Waals surface area contributed by atoms with Gasteiger partial charge in [0.1, 0.15) is 6.10 Å². The predicted octanol–water partition coefficient (Wildman–Crippen LogP) is 5.63. The van der Waals surface area contributed by atoms with E-state index in [1.165, 1.54) is 42.6 Å². The average Bonchev–Trinajstić information content (AvgIpc) is 2.52. The van der Waals surface area contributed by atoms with Crippen molar-refractivity contribution in [2.24, 2.45) is 5.41 Å². The first-order valence-electron chi connectivity index (χ1n) is 8.93. The van der Waals surface area contributed by atoms with Gasteiger partial charge in [0.05, 0.1) is 0 Å². The van der Waals surface area contributed by atoms with E-state index < -0.39 is 6.10 Å². The van der Waals surface area contributed by atoms with Crippen LogP contribution in [-0.2, 0) is 4.79 Å². The summed E-state index contributed by atoms with van der Waals surface area (Å²) in [6, 6.07) is 0. The maximum absolute atomic E-state index is 11.6. The van der Waals surface area contributed by atoms with Gasteiger partial charge in [-0.1, -0.05) is 61.4 Å². The Kier molecular flexibility index (Phi) is 8.05. The van der Waals surface area contributed by atoms with Crippen LogP contribution in [0.2, 0.25) is 0 Å². The van der Waals surface area contributed by atoms with Crippen molar-refractivity contribution in [3.05, 3.63) is 71.4 Å². The summed E-state index contributed by atoms with van der Waals surface area (Å²) >= 11 is 0. The molecular weight excluding hydrogens is 308 g/mol. The molecule has 0 aromatic heterocycles. The summed E-state index contributed by atoms with van der Waals surface area (Å²) in [5.41, 5.74) is 5.15. The lowest BCUT2D eigenvalue weighted by molar-refractivity contribution is -0.120. The Morgan fingerprint density at radius 2 is 1.92 bits per heavy atom.